The number of fused-ring (bicyclic) bond motifs is 1. The Morgan fingerprint density at radius 2 is 2.08 bits per heavy atom. The summed E-state index contributed by atoms with van der Waals surface area (Å²) in [6, 6.07) is 10.1. The fourth-order valence-corrected chi connectivity index (χ4v) is 2.89. The van der Waals surface area contributed by atoms with E-state index in [0.29, 0.717) is 25.1 Å². The number of nitrogens with one attached hydrogen (secondary N) is 2. The lowest BCUT2D eigenvalue weighted by Gasteiger charge is -2.09. The van der Waals surface area contributed by atoms with Gasteiger partial charge in [0.25, 0.3) is 5.91 Å². The summed E-state index contributed by atoms with van der Waals surface area (Å²) >= 11 is 0. The lowest BCUT2D eigenvalue weighted by Crippen LogP contribution is -2.25. The van der Waals surface area contributed by atoms with Crippen LogP contribution in [0.25, 0.3) is 10.9 Å². The minimum absolute atomic E-state index is 0.114. The molecule has 0 aliphatic heterocycles. The van der Waals surface area contributed by atoms with Crippen LogP contribution in [-0.2, 0) is 6.42 Å². The minimum Gasteiger partial charge on any atom is -0.494 e. The summed E-state index contributed by atoms with van der Waals surface area (Å²) in [5, 5.41) is 3.90. The Labute approximate surface area is 146 Å². The van der Waals surface area contributed by atoms with Gasteiger partial charge in [-0.05, 0) is 67.8 Å². The molecular formula is C20H21FN2O2. The third-order valence-corrected chi connectivity index (χ3v) is 4.15. The normalized spacial score (nSPS) is 10.8. The number of benzene rings is 2. The molecule has 0 fully saturated rings. The number of rotatable bonds is 6. The fraction of sp³-hybridized carbons (Fsp3) is 0.250. The molecule has 1 aromatic heterocycles. The summed E-state index contributed by atoms with van der Waals surface area (Å²) in [5.74, 6) is 0.419. The van der Waals surface area contributed by atoms with E-state index >= 15 is 0 Å². The second-order valence-electron chi connectivity index (χ2n) is 5.92. The average Bonchev–Trinajstić information content (AvgIpc) is 2.99. The molecule has 4 nitrogen and oxygen atoms in total. The quantitative estimate of drug-likeness (QED) is 0.713. The number of ether oxygens (including phenoxy) is 1. The molecule has 3 rings (SSSR count). The van der Waals surface area contributed by atoms with E-state index in [1.807, 2.05) is 32.2 Å². The van der Waals surface area contributed by atoms with Crippen molar-refractivity contribution in [1.29, 1.82) is 0 Å². The van der Waals surface area contributed by atoms with Gasteiger partial charge in [-0.2, -0.15) is 0 Å². The van der Waals surface area contributed by atoms with E-state index in [0.717, 1.165) is 27.8 Å². The predicted octanol–water partition coefficient (Wildman–Crippen LogP) is 3.99. The number of hydrogen-bond donors (Lipinski definition) is 2. The molecule has 3 aromatic rings. The van der Waals surface area contributed by atoms with Gasteiger partial charge in [0.2, 0.25) is 0 Å². The largest absolute Gasteiger partial charge is 0.494 e. The predicted molar refractivity (Wildman–Crippen MR) is 96.6 cm³/mol. The Kier molecular flexibility index (Phi) is 5.03. The van der Waals surface area contributed by atoms with E-state index in [-0.39, 0.29) is 11.7 Å². The molecule has 0 aliphatic carbocycles. The van der Waals surface area contributed by atoms with Crippen LogP contribution in [0.4, 0.5) is 4.39 Å². The number of amides is 1. The standard InChI is InChI=1S/C20H21FN2O2/c1-3-25-19-7-4-14(10-13(19)2)20(24)22-9-8-15-12-23-18-11-16(21)5-6-17(15)18/h4-7,10-12,23H,3,8-9H2,1-2H3,(H,22,24). The number of aromatic nitrogens is 1. The molecule has 1 amide bonds. The first kappa shape index (κ1) is 17.0. The molecule has 0 radical (unpaired) electrons. The summed E-state index contributed by atoms with van der Waals surface area (Å²) in [4.78, 5) is 15.4. The van der Waals surface area contributed by atoms with Gasteiger partial charge in [0.15, 0.2) is 0 Å². The van der Waals surface area contributed by atoms with Crippen LogP contribution in [0.1, 0.15) is 28.4 Å². The van der Waals surface area contributed by atoms with Crippen LogP contribution in [0.2, 0.25) is 0 Å². The zero-order valence-corrected chi connectivity index (χ0v) is 14.4. The maximum atomic E-state index is 13.2. The highest BCUT2D eigenvalue weighted by molar-refractivity contribution is 5.94. The highest BCUT2D eigenvalue weighted by atomic mass is 19.1. The number of aryl methyl sites for hydroxylation is 1. The summed E-state index contributed by atoms with van der Waals surface area (Å²) in [6.45, 7) is 4.96. The van der Waals surface area contributed by atoms with Crippen molar-refractivity contribution in [3.63, 3.8) is 0 Å². The molecule has 1 heterocycles. The molecule has 0 saturated heterocycles. The molecule has 25 heavy (non-hydrogen) atoms. The van der Waals surface area contributed by atoms with Gasteiger partial charge >= 0.3 is 0 Å². The fourth-order valence-electron chi connectivity index (χ4n) is 2.89. The van der Waals surface area contributed by atoms with Gasteiger partial charge in [0.05, 0.1) is 6.61 Å². The highest BCUT2D eigenvalue weighted by Gasteiger charge is 2.09. The number of hydrogen-bond acceptors (Lipinski definition) is 2. The van der Waals surface area contributed by atoms with Crippen molar-refractivity contribution >= 4 is 16.8 Å². The molecule has 2 aromatic carbocycles. The van der Waals surface area contributed by atoms with Crippen LogP contribution in [0.5, 0.6) is 5.75 Å². The average molecular weight is 340 g/mol. The van der Waals surface area contributed by atoms with Crippen LogP contribution >= 0.6 is 0 Å². The minimum atomic E-state index is -0.264. The Morgan fingerprint density at radius 1 is 1.24 bits per heavy atom. The molecule has 0 saturated carbocycles. The second kappa shape index (κ2) is 7.38. The molecule has 5 heteroatoms. The first-order valence-corrected chi connectivity index (χ1v) is 8.35. The van der Waals surface area contributed by atoms with Gasteiger partial charge in [-0.1, -0.05) is 0 Å². The molecule has 2 N–H and O–H groups in total. The molecule has 0 bridgehead atoms. The summed E-state index contributed by atoms with van der Waals surface area (Å²) in [6.07, 6.45) is 2.53. The van der Waals surface area contributed by atoms with Crippen molar-refractivity contribution < 1.29 is 13.9 Å². The van der Waals surface area contributed by atoms with Crippen molar-refractivity contribution in [1.82, 2.24) is 10.3 Å². The number of carbonyl (C=O) groups is 1. The third-order valence-electron chi connectivity index (χ3n) is 4.15. The van der Waals surface area contributed by atoms with E-state index in [1.165, 1.54) is 12.1 Å². The first-order chi connectivity index (χ1) is 12.1. The third kappa shape index (κ3) is 3.82. The van der Waals surface area contributed by atoms with E-state index < -0.39 is 0 Å². The van der Waals surface area contributed by atoms with Crippen molar-refractivity contribution in [2.75, 3.05) is 13.2 Å². The Hall–Kier alpha value is -2.82. The van der Waals surface area contributed by atoms with Crippen molar-refractivity contribution in [2.45, 2.75) is 20.3 Å². The van der Waals surface area contributed by atoms with Crippen molar-refractivity contribution in [3.8, 4) is 5.75 Å². The van der Waals surface area contributed by atoms with E-state index in [9.17, 15) is 9.18 Å². The molecule has 0 atom stereocenters. The number of H-pyrrole nitrogens is 1. The van der Waals surface area contributed by atoms with Crippen LogP contribution < -0.4 is 10.1 Å². The van der Waals surface area contributed by atoms with E-state index in [1.54, 1.807) is 12.1 Å². The number of halogens is 1. The monoisotopic (exact) mass is 340 g/mol. The molecule has 0 spiro atoms. The Morgan fingerprint density at radius 3 is 2.84 bits per heavy atom. The van der Waals surface area contributed by atoms with Crippen molar-refractivity contribution in [2.24, 2.45) is 0 Å². The Bertz CT molecular complexity index is 902. The first-order valence-electron chi connectivity index (χ1n) is 8.35. The van der Waals surface area contributed by atoms with Crippen LogP contribution in [-0.4, -0.2) is 24.0 Å². The van der Waals surface area contributed by atoms with Gasteiger partial charge in [-0.3, -0.25) is 4.79 Å². The van der Waals surface area contributed by atoms with E-state index in [4.69, 9.17) is 4.74 Å². The highest BCUT2D eigenvalue weighted by Crippen LogP contribution is 2.20. The van der Waals surface area contributed by atoms with Gasteiger partial charge in [-0.15, -0.1) is 0 Å². The number of carbonyl (C=O) groups excluding carboxylic acids is 1. The zero-order valence-electron chi connectivity index (χ0n) is 14.4. The molecule has 130 valence electrons. The Balaban J connectivity index is 1.61. The smallest absolute Gasteiger partial charge is 0.251 e. The molecule has 0 aliphatic rings. The summed E-state index contributed by atoms with van der Waals surface area (Å²) < 4.78 is 18.7. The maximum Gasteiger partial charge on any atom is 0.251 e. The second-order valence-corrected chi connectivity index (χ2v) is 5.92. The van der Waals surface area contributed by atoms with Gasteiger partial charge in [0, 0.05) is 29.2 Å². The topological polar surface area (TPSA) is 54.1 Å². The lowest BCUT2D eigenvalue weighted by atomic mass is 10.1. The zero-order chi connectivity index (χ0) is 17.8. The maximum absolute atomic E-state index is 13.2. The summed E-state index contributed by atoms with van der Waals surface area (Å²) in [5.41, 5.74) is 3.37. The van der Waals surface area contributed by atoms with E-state index in [2.05, 4.69) is 10.3 Å². The van der Waals surface area contributed by atoms with Gasteiger partial charge < -0.3 is 15.0 Å². The molecular weight excluding hydrogens is 319 g/mol. The van der Waals surface area contributed by atoms with Crippen LogP contribution in [0.3, 0.4) is 0 Å². The van der Waals surface area contributed by atoms with Crippen LogP contribution in [0.15, 0.2) is 42.6 Å². The lowest BCUT2D eigenvalue weighted by molar-refractivity contribution is 0.0954. The van der Waals surface area contributed by atoms with Gasteiger partial charge in [0.1, 0.15) is 11.6 Å². The van der Waals surface area contributed by atoms with Crippen molar-refractivity contribution in [3.05, 3.63) is 65.1 Å². The molecule has 0 unspecified atom stereocenters. The van der Waals surface area contributed by atoms with Crippen LogP contribution in [0, 0.1) is 12.7 Å². The van der Waals surface area contributed by atoms with Gasteiger partial charge in [-0.25, -0.2) is 4.39 Å². The summed E-state index contributed by atoms with van der Waals surface area (Å²) in [7, 11) is 0. The number of aromatic amines is 1. The SMILES string of the molecule is CCOc1ccc(C(=O)NCCc2c[nH]c3cc(F)ccc23)cc1C.